The number of hydrogen-bond acceptors (Lipinski definition) is 6. The van der Waals surface area contributed by atoms with Gasteiger partial charge in [-0.25, -0.2) is 0 Å². The van der Waals surface area contributed by atoms with E-state index in [0.717, 1.165) is 0 Å². The van der Waals surface area contributed by atoms with Gasteiger partial charge in [0.2, 0.25) is 12.1 Å². The zero-order valence-corrected chi connectivity index (χ0v) is 9.87. The highest BCUT2D eigenvalue weighted by molar-refractivity contribution is 5.54. The zero-order chi connectivity index (χ0) is 12.8. The molecule has 0 atom stereocenters. The van der Waals surface area contributed by atoms with Gasteiger partial charge in [-0.2, -0.15) is 0 Å². The molecule has 8 nitrogen and oxygen atoms in total. The van der Waals surface area contributed by atoms with Crippen molar-refractivity contribution < 1.29 is 14.8 Å². The maximum atomic E-state index is 10.8. The largest absolute Gasteiger partial charge is 0.406 e. The molecule has 0 spiro atoms. The summed E-state index contributed by atoms with van der Waals surface area (Å²) < 4.78 is 6.49. The van der Waals surface area contributed by atoms with Crippen molar-refractivity contribution in [2.24, 2.45) is 7.05 Å². The van der Waals surface area contributed by atoms with Gasteiger partial charge in [0.05, 0.1) is 13.2 Å². The summed E-state index contributed by atoms with van der Waals surface area (Å²) in [5, 5.41) is 19.8. The number of methoxy groups -OCH3 is 1. The lowest BCUT2D eigenvalue weighted by atomic mass is 10.4. The Labute approximate surface area is 98.6 Å². The third-order valence-corrected chi connectivity index (χ3v) is 2.30. The minimum absolute atomic E-state index is 0.0912. The normalized spacial score (nSPS) is 10.5. The van der Waals surface area contributed by atoms with Crippen molar-refractivity contribution in [3.8, 4) is 0 Å². The van der Waals surface area contributed by atoms with Crippen LogP contribution in [0.2, 0.25) is 0 Å². The topological polar surface area (TPSA) is 93.7 Å². The summed E-state index contributed by atoms with van der Waals surface area (Å²) in [6, 6.07) is 0. The van der Waals surface area contributed by atoms with Crippen LogP contribution in [0.15, 0.2) is 6.33 Å². The molecular formula is C9H16N4O4. The Morgan fingerprint density at radius 2 is 2.35 bits per heavy atom. The predicted octanol–water partition coefficient (Wildman–Crippen LogP) is -0.227. The molecule has 0 aliphatic heterocycles. The van der Waals surface area contributed by atoms with Crippen molar-refractivity contribution in [1.82, 2.24) is 9.55 Å². The lowest BCUT2D eigenvalue weighted by molar-refractivity contribution is -0.388. The number of aliphatic hydroxyl groups is 1. The molecule has 0 unspecified atom stereocenters. The molecule has 0 aliphatic rings. The molecule has 0 aliphatic carbocycles. The molecule has 1 rings (SSSR count). The maximum Gasteiger partial charge on any atom is 0.406 e. The Morgan fingerprint density at radius 3 is 2.88 bits per heavy atom. The van der Waals surface area contributed by atoms with E-state index in [0.29, 0.717) is 25.5 Å². The first-order valence-corrected chi connectivity index (χ1v) is 5.12. The lowest BCUT2D eigenvalue weighted by Crippen LogP contribution is -2.32. The van der Waals surface area contributed by atoms with Gasteiger partial charge in [-0.05, 0) is 9.91 Å². The van der Waals surface area contributed by atoms with Crippen molar-refractivity contribution >= 4 is 11.6 Å². The average molecular weight is 244 g/mol. The van der Waals surface area contributed by atoms with Crippen LogP contribution in [0.4, 0.5) is 11.6 Å². The van der Waals surface area contributed by atoms with Crippen molar-refractivity contribution in [3.63, 3.8) is 0 Å². The van der Waals surface area contributed by atoms with Crippen molar-refractivity contribution in [3.05, 3.63) is 16.4 Å². The molecule has 1 aromatic rings. The lowest BCUT2D eigenvalue weighted by Gasteiger charge is -2.22. The Morgan fingerprint density at radius 1 is 1.65 bits per heavy atom. The van der Waals surface area contributed by atoms with E-state index in [4.69, 9.17) is 9.84 Å². The van der Waals surface area contributed by atoms with E-state index in [9.17, 15) is 10.1 Å². The highest BCUT2D eigenvalue weighted by Gasteiger charge is 2.24. The minimum atomic E-state index is -0.535. The first-order valence-electron chi connectivity index (χ1n) is 5.12. The fourth-order valence-corrected chi connectivity index (χ4v) is 1.55. The van der Waals surface area contributed by atoms with Crippen molar-refractivity contribution in [2.45, 2.75) is 0 Å². The van der Waals surface area contributed by atoms with Gasteiger partial charge in [0, 0.05) is 27.2 Å². The summed E-state index contributed by atoms with van der Waals surface area (Å²) in [6.07, 6.45) is 1.38. The first kappa shape index (κ1) is 13.4. The summed E-state index contributed by atoms with van der Waals surface area (Å²) in [5.41, 5.74) is 0. The zero-order valence-electron chi connectivity index (χ0n) is 9.87. The number of nitro groups is 1. The number of nitrogens with zero attached hydrogens (tertiary/aromatic N) is 4. The highest BCUT2D eigenvalue weighted by Crippen LogP contribution is 2.25. The summed E-state index contributed by atoms with van der Waals surface area (Å²) in [7, 11) is 3.22. The fraction of sp³-hybridized carbons (Fsp3) is 0.667. The molecule has 96 valence electrons. The standard InChI is InChI=1S/C9H16N4O4/c1-11-7-10-8(13(15)16)9(11)12(3-5-14)4-6-17-2/h7,14H,3-6H2,1-2H3. The fourth-order valence-electron chi connectivity index (χ4n) is 1.55. The number of anilines is 1. The molecule has 0 amide bonds. The van der Waals surface area contributed by atoms with Crippen LogP contribution >= 0.6 is 0 Å². The van der Waals surface area contributed by atoms with Gasteiger partial charge in [-0.15, -0.1) is 0 Å². The number of aromatic nitrogens is 2. The van der Waals surface area contributed by atoms with Gasteiger partial charge in [0.1, 0.15) is 0 Å². The second-order valence-corrected chi connectivity index (χ2v) is 3.46. The van der Waals surface area contributed by atoms with E-state index in [1.54, 1.807) is 23.6 Å². The Kier molecular flexibility index (Phi) is 4.85. The maximum absolute atomic E-state index is 10.8. The van der Waals surface area contributed by atoms with E-state index < -0.39 is 4.92 Å². The Bertz CT molecular complexity index is 379. The molecule has 0 aromatic carbocycles. The summed E-state index contributed by atoms with van der Waals surface area (Å²) in [5.74, 6) is 0.165. The molecule has 8 heteroatoms. The van der Waals surface area contributed by atoms with Crippen LogP contribution in [0.1, 0.15) is 0 Å². The van der Waals surface area contributed by atoms with Gasteiger partial charge in [0.25, 0.3) is 0 Å². The van der Waals surface area contributed by atoms with E-state index >= 15 is 0 Å². The van der Waals surface area contributed by atoms with Crippen molar-refractivity contribution in [1.29, 1.82) is 0 Å². The van der Waals surface area contributed by atoms with Gasteiger partial charge >= 0.3 is 5.82 Å². The number of hydrogen-bond donors (Lipinski definition) is 1. The third kappa shape index (κ3) is 3.14. The number of aliphatic hydroxyl groups excluding tert-OH is 1. The van der Waals surface area contributed by atoms with E-state index in [-0.39, 0.29) is 12.4 Å². The summed E-state index contributed by atoms with van der Waals surface area (Å²) in [4.78, 5) is 15.7. The van der Waals surface area contributed by atoms with E-state index in [1.165, 1.54) is 6.33 Å². The molecule has 1 heterocycles. The third-order valence-electron chi connectivity index (χ3n) is 2.30. The molecule has 17 heavy (non-hydrogen) atoms. The van der Waals surface area contributed by atoms with Crippen LogP contribution in [-0.4, -0.2) is 53.0 Å². The summed E-state index contributed by atoms with van der Waals surface area (Å²) >= 11 is 0. The van der Waals surface area contributed by atoms with Crippen LogP contribution < -0.4 is 4.90 Å². The van der Waals surface area contributed by atoms with E-state index in [1.807, 2.05) is 0 Å². The second-order valence-electron chi connectivity index (χ2n) is 3.46. The van der Waals surface area contributed by atoms with E-state index in [2.05, 4.69) is 4.98 Å². The molecule has 0 saturated carbocycles. The highest BCUT2D eigenvalue weighted by atomic mass is 16.6. The van der Waals surface area contributed by atoms with Gasteiger partial charge < -0.3 is 24.9 Å². The van der Waals surface area contributed by atoms with Crippen molar-refractivity contribution in [2.75, 3.05) is 38.3 Å². The SMILES string of the molecule is COCCN(CCO)c1c([N+](=O)[O-])ncn1C. The first-order chi connectivity index (χ1) is 8.11. The quantitative estimate of drug-likeness (QED) is 0.526. The predicted molar refractivity (Wildman–Crippen MR) is 61.0 cm³/mol. The van der Waals surface area contributed by atoms with Gasteiger partial charge in [-0.3, -0.25) is 4.57 Å². The van der Waals surface area contributed by atoms with Crippen LogP contribution in [0.5, 0.6) is 0 Å². The van der Waals surface area contributed by atoms with Crippen LogP contribution in [0.25, 0.3) is 0 Å². The molecule has 0 saturated heterocycles. The Hall–Kier alpha value is -1.67. The van der Waals surface area contributed by atoms with Crippen LogP contribution in [0, 0.1) is 10.1 Å². The smallest absolute Gasteiger partial charge is 0.395 e. The molecule has 0 radical (unpaired) electrons. The minimum Gasteiger partial charge on any atom is -0.395 e. The number of aryl methyl sites for hydroxylation is 1. The van der Waals surface area contributed by atoms with Gasteiger partial charge in [0.15, 0.2) is 0 Å². The monoisotopic (exact) mass is 244 g/mol. The molecule has 1 N–H and O–H groups in total. The number of imidazole rings is 1. The molecule has 1 aromatic heterocycles. The Balaban J connectivity index is 2.98. The molecule has 0 bridgehead atoms. The van der Waals surface area contributed by atoms with Crippen LogP contribution in [0.3, 0.4) is 0 Å². The van der Waals surface area contributed by atoms with Gasteiger partial charge in [-0.1, -0.05) is 0 Å². The number of rotatable bonds is 7. The summed E-state index contributed by atoms with van der Waals surface area (Å²) in [6.45, 7) is 1.08. The number of ether oxygens (including phenoxy) is 1. The van der Waals surface area contributed by atoms with Crippen LogP contribution in [-0.2, 0) is 11.8 Å². The molecular weight excluding hydrogens is 228 g/mol. The second kappa shape index (κ2) is 6.16. The molecule has 0 fully saturated rings. The average Bonchev–Trinajstić information content (AvgIpc) is 2.66.